The van der Waals surface area contributed by atoms with Gasteiger partial charge in [-0.3, -0.25) is 0 Å². The maximum absolute atomic E-state index is 14.4. The van der Waals surface area contributed by atoms with Crippen LogP contribution in [-0.4, -0.2) is 12.6 Å². The highest BCUT2D eigenvalue weighted by Gasteiger charge is 2.18. The maximum Gasteiger partial charge on any atom is 0.343 e. The highest BCUT2D eigenvalue weighted by Crippen LogP contribution is 2.24. The molecule has 0 aliphatic rings. The molecule has 0 amide bonds. The number of hydrogen-bond acceptors (Lipinski definition) is 3. The largest absolute Gasteiger partial charge is 0.494 e. The molecule has 3 aromatic rings. The average molecular weight is 484 g/mol. The summed E-state index contributed by atoms with van der Waals surface area (Å²) in [6.07, 6.45) is 5.75. The Balaban J connectivity index is 1.61. The summed E-state index contributed by atoms with van der Waals surface area (Å²) in [5.74, 6) is -0.775. The summed E-state index contributed by atoms with van der Waals surface area (Å²) in [7, 11) is 0. The smallest absolute Gasteiger partial charge is 0.343 e. The van der Waals surface area contributed by atoms with E-state index in [9.17, 15) is 22.4 Å². The molecule has 0 saturated heterocycles. The first kappa shape index (κ1) is 25.8. The van der Waals surface area contributed by atoms with Crippen LogP contribution in [0.15, 0.2) is 54.6 Å². The van der Waals surface area contributed by atoms with Gasteiger partial charge in [0.2, 0.25) is 5.75 Å². The summed E-state index contributed by atoms with van der Waals surface area (Å²) in [4.78, 5) is 12.0. The van der Waals surface area contributed by atoms with Crippen LogP contribution in [0.1, 0.15) is 60.5 Å². The van der Waals surface area contributed by atoms with Crippen LogP contribution in [0, 0.1) is 35.1 Å². The molecule has 0 radical (unpaired) electrons. The van der Waals surface area contributed by atoms with Crippen molar-refractivity contribution in [1.29, 1.82) is 0 Å². The topological polar surface area (TPSA) is 35.5 Å². The van der Waals surface area contributed by atoms with E-state index in [1.165, 1.54) is 19.3 Å². The molecule has 0 N–H and O–H groups in total. The monoisotopic (exact) mass is 484 g/mol. The fourth-order valence-corrected chi connectivity index (χ4v) is 3.18. The van der Waals surface area contributed by atoms with E-state index in [1.54, 1.807) is 24.3 Å². The molecular weight excluding hydrogens is 460 g/mol. The number of rotatable bonds is 9. The lowest BCUT2D eigenvalue weighted by Crippen LogP contribution is -2.11. The summed E-state index contributed by atoms with van der Waals surface area (Å²) in [6, 6.07) is 11.1. The third-order valence-corrected chi connectivity index (χ3v) is 5.07. The third-order valence-electron chi connectivity index (χ3n) is 5.07. The quantitative estimate of drug-likeness (QED) is 0.106. The molecule has 0 unspecified atom stereocenters. The molecule has 0 aliphatic heterocycles. The normalized spacial score (nSPS) is 10.4. The van der Waals surface area contributed by atoms with Gasteiger partial charge in [-0.1, -0.05) is 44.4 Å². The summed E-state index contributed by atoms with van der Waals surface area (Å²) in [6.45, 7) is 2.81. The second-order valence-corrected chi connectivity index (χ2v) is 7.82. The van der Waals surface area contributed by atoms with E-state index in [0.717, 1.165) is 36.8 Å². The van der Waals surface area contributed by atoms with Crippen LogP contribution < -0.4 is 9.47 Å². The zero-order valence-corrected chi connectivity index (χ0v) is 19.2. The van der Waals surface area contributed by atoms with Crippen LogP contribution in [0.3, 0.4) is 0 Å². The molecule has 3 aromatic carbocycles. The Labute approximate surface area is 201 Å². The SMILES string of the molecule is CCCCCCCOc1ccc(C#Cc2cc(F)c(OC(=O)c3ccc(F)c(F)c3)c(F)c2)cc1. The Bertz CT molecular complexity index is 1200. The minimum Gasteiger partial charge on any atom is -0.494 e. The first-order valence-corrected chi connectivity index (χ1v) is 11.3. The second kappa shape index (κ2) is 12.6. The molecule has 0 atom stereocenters. The molecule has 3 nitrogen and oxygen atoms in total. The number of unbranched alkanes of at least 4 members (excludes halogenated alkanes) is 4. The minimum atomic E-state index is -1.28. The van der Waals surface area contributed by atoms with Crippen molar-refractivity contribution < 1.29 is 31.8 Å². The molecule has 182 valence electrons. The fourth-order valence-electron chi connectivity index (χ4n) is 3.18. The molecule has 7 heteroatoms. The van der Waals surface area contributed by atoms with E-state index in [-0.39, 0.29) is 5.56 Å². The lowest BCUT2D eigenvalue weighted by atomic mass is 10.1. The van der Waals surface area contributed by atoms with E-state index < -0.39 is 40.6 Å². The van der Waals surface area contributed by atoms with Crippen LogP contribution in [0.25, 0.3) is 0 Å². The molecule has 0 aromatic heterocycles. The third kappa shape index (κ3) is 7.61. The van der Waals surface area contributed by atoms with Gasteiger partial charge in [0.05, 0.1) is 12.2 Å². The van der Waals surface area contributed by atoms with E-state index in [2.05, 4.69) is 18.8 Å². The van der Waals surface area contributed by atoms with Crippen LogP contribution in [0.4, 0.5) is 17.6 Å². The van der Waals surface area contributed by atoms with Gasteiger partial charge < -0.3 is 9.47 Å². The van der Waals surface area contributed by atoms with E-state index in [0.29, 0.717) is 24.3 Å². The van der Waals surface area contributed by atoms with Crippen molar-refractivity contribution in [3.05, 3.63) is 94.6 Å². The molecule has 35 heavy (non-hydrogen) atoms. The predicted octanol–water partition coefficient (Wildman–Crippen LogP) is 7.21. The number of esters is 1. The van der Waals surface area contributed by atoms with Crippen LogP contribution in [0.2, 0.25) is 0 Å². The summed E-state index contributed by atoms with van der Waals surface area (Å²) < 4.78 is 65.5. The van der Waals surface area contributed by atoms with Crippen LogP contribution in [0.5, 0.6) is 11.5 Å². The van der Waals surface area contributed by atoms with Gasteiger partial charge >= 0.3 is 5.97 Å². The molecule has 0 spiro atoms. The Morgan fingerprint density at radius 1 is 0.743 bits per heavy atom. The Morgan fingerprint density at radius 3 is 2.06 bits per heavy atom. The fraction of sp³-hybridized carbons (Fsp3) is 0.250. The molecule has 0 fully saturated rings. The summed E-state index contributed by atoms with van der Waals surface area (Å²) >= 11 is 0. The van der Waals surface area contributed by atoms with Crippen molar-refractivity contribution >= 4 is 5.97 Å². The molecule has 0 saturated carbocycles. The second-order valence-electron chi connectivity index (χ2n) is 7.82. The van der Waals surface area contributed by atoms with Gasteiger partial charge in [0.1, 0.15) is 5.75 Å². The average Bonchev–Trinajstić information content (AvgIpc) is 2.84. The first-order valence-electron chi connectivity index (χ1n) is 11.3. The molecule has 0 bridgehead atoms. The lowest BCUT2D eigenvalue weighted by molar-refractivity contribution is 0.0719. The molecular formula is C28H24F4O3. The van der Waals surface area contributed by atoms with Gasteiger partial charge in [-0.25, -0.2) is 22.4 Å². The van der Waals surface area contributed by atoms with Crippen molar-refractivity contribution in [1.82, 2.24) is 0 Å². The zero-order chi connectivity index (χ0) is 25.2. The van der Waals surface area contributed by atoms with Crippen LogP contribution >= 0.6 is 0 Å². The van der Waals surface area contributed by atoms with Gasteiger partial charge in [-0.15, -0.1) is 0 Å². The highest BCUT2D eigenvalue weighted by atomic mass is 19.2. The number of hydrogen-bond donors (Lipinski definition) is 0. The van der Waals surface area contributed by atoms with Crippen molar-refractivity contribution in [2.45, 2.75) is 39.0 Å². The van der Waals surface area contributed by atoms with Crippen molar-refractivity contribution in [2.75, 3.05) is 6.61 Å². The number of halogens is 4. The van der Waals surface area contributed by atoms with E-state index >= 15 is 0 Å². The van der Waals surface area contributed by atoms with Gasteiger partial charge in [0.25, 0.3) is 0 Å². The number of benzene rings is 3. The standard InChI is InChI=1S/C28H24F4O3/c1-2-3-4-5-6-15-34-22-12-9-19(10-13-22)7-8-20-16-25(31)27(26(32)17-20)35-28(33)21-11-14-23(29)24(30)18-21/h9-14,16-18H,2-6,15H2,1H3. The van der Waals surface area contributed by atoms with Gasteiger partial charge in [-0.05, 0) is 61.0 Å². The van der Waals surface area contributed by atoms with Gasteiger partial charge in [-0.2, -0.15) is 0 Å². The van der Waals surface area contributed by atoms with E-state index in [1.807, 2.05) is 0 Å². The zero-order valence-electron chi connectivity index (χ0n) is 19.2. The van der Waals surface area contributed by atoms with Gasteiger partial charge in [0.15, 0.2) is 23.3 Å². The number of ether oxygens (including phenoxy) is 2. The Hall–Kier alpha value is -3.79. The molecule has 0 aliphatic carbocycles. The van der Waals surface area contributed by atoms with Crippen molar-refractivity contribution in [3.63, 3.8) is 0 Å². The summed E-state index contributed by atoms with van der Waals surface area (Å²) in [5, 5.41) is 0. The predicted molar refractivity (Wildman–Crippen MR) is 124 cm³/mol. The van der Waals surface area contributed by atoms with Crippen molar-refractivity contribution in [2.24, 2.45) is 0 Å². The van der Waals surface area contributed by atoms with Gasteiger partial charge in [0, 0.05) is 11.1 Å². The number of carbonyl (C=O) groups excluding carboxylic acids is 1. The summed E-state index contributed by atoms with van der Waals surface area (Å²) in [5.41, 5.74) is 0.255. The molecule has 0 heterocycles. The maximum atomic E-state index is 14.4. The minimum absolute atomic E-state index is 0.0278. The lowest BCUT2D eigenvalue weighted by Gasteiger charge is -2.07. The van der Waals surface area contributed by atoms with Crippen LogP contribution in [-0.2, 0) is 0 Å². The highest BCUT2D eigenvalue weighted by molar-refractivity contribution is 5.91. The van der Waals surface area contributed by atoms with E-state index in [4.69, 9.17) is 9.47 Å². The number of carbonyl (C=O) groups is 1. The molecule has 3 rings (SSSR count). The Kier molecular flexibility index (Phi) is 9.31. The first-order chi connectivity index (χ1) is 16.9. The Morgan fingerprint density at radius 2 is 1.40 bits per heavy atom. The van der Waals surface area contributed by atoms with Crippen molar-refractivity contribution in [3.8, 4) is 23.3 Å².